The third-order valence-electron chi connectivity index (χ3n) is 3.80. The Morgan fingerprint density at radius 1 is 1.43 bits per heavy atom. The lowest BCUT2D eigenvalue weighted by Crippen LogP contribution is -2.41. The molecule has 1 amide bonds. The van der Waals surface area contributed by atoms with Gasteiger partial charge in [0.15, 0.2) is 0 Å². The Hall–Kier alpha value is -1.69. The maximum Gasteiger partial charge on any atom is 0.254 e. The second-order valence-electron chi connectivity index (χ2n) is 5.19. The van der Waals surface area contributed by atoms with Crippen molar-refractivity contribution in [3.8, 4) is 0 Å². The van der Waals surface area contributed by atoms with Crippen LogP contribution in [0, 0.1) is 11.6 Å². The fraction of sp³-hybridized carbons (Fsp3) is 0.533. The minimum atomic E-state index is -0.760. The van der Waals surface area contributed by atoms with Gasteiger partial charge in [0.2, 0.25) is 0 Å². The largest absolute Gasteiger partial charge is 0.381 e. The summed E-state index contributed by atoms with van der Waals surface area (Å²) in [5, 5.41) is 2.61. The number of nitrogens with one attached hydrogen (secondary N) is 1. The third kappa shape index (κ3) is 3.15. The summed E-state index contributed by atoms with van der Waals surface area (Å²) < 4.78 is 33.2. The summed E-state index contributed by atoms with van der Waals surface area (Å²) >= 11 is 0. The van der Waals surface area contributed by atoms with Crippen LogP contribution in [0.25, 0.3) is 0 Å². The fourth-order valence-electron chi connectivity index (χ4n) is 2.63. The van der Waals surface area contributed by atoms with Crippen molar-refractivity contribution in [1.29, 1.82) is 0 Å². The molecule has 1 aromatic carbocycles. The molecule has 1 aromatic rings. The SMILES string of the molecule is CCNc1c(F)cc(C(=O)N(C)C2CCOC2C)cc1F. The molecule has 0 saturated carbocycles. The molecule has 21 heavy (non-hydrogen) atoms. The Bertz CT molecular complexity index is 513. The average molecular weight is 298 g/mol. The number of amides is 1. The summed E-state index contributed by atoms with van der Waals surface area (Å²) in [5.41, 5.74) is -0.192. The first-order valence-electron chi connectivity index (χ1n) is 7.07. The zero-order valence-electron chi connectivity index (χ0n) is 12.5. The molecule has 1 aliphatic rings. The number of carbonyl (C=O) groups excluding carboxylic acids is 1. The first-order valence-corrected chi connectivity index (χ1v) is 7.07. The molecule has 0 bridgehead atoms. The lowest BCUT2D eigenvalue weighted by Gasteiger charge is -2.27. The molecule has 116 valence electrons. The van der Waals surface area contributed by atoms with Gasteiger partial charge in [0.25, 0.3) is 5.91 Å². The number of rotatable bonds is 4. The van der Waals surface area contributed by atoms with Crippen molar-refractivity contribution in [2.24, 2.45) is 0 Å². The van der Waals surface area contributed by atoms with Gasteiger partial charge in [-0.1, -0.05) is 0 Å². The van der Waals surface area contributed by atoms with Crippen LogP contribution in [0.3, 0.4) is 0 Å². The summed E-state index contributed by atoms with van der Waals surface area (Å²) in [6, 6.07) is 2.07. The van der Waals surface area contributed by atoms with E-state index in [0.29, 0.717) is 13.2 Å². The first kappa shape index (κ1) is 15.7. The van der Waals surface area contributed by atoms with Gasteiger partial charge in [-0.05, 0) is 32.4 Å². The summed E-state index contributed by atoms with van der Waals surface area (Å²) in [4.78, 5) is 13.9. The minimum absolute atomic E-state index is 0.00764. The maximum absolute atomic E-state index is 13.9. The first-order chi connectivity index (χ1) is 9.95. The summed E-state index contributed by atoms with van der Waals surface area (Å²) in [7, 11) is 1.63. The molecule has 2 unspecified atom stereocenters. The number of hydrogen-bond acceptors (Lipinski definition) is 3. The highest BCUT2D eigenvalue weighted by atomic mass is 19.1. The van der Waals surface area contributed by atoms with Crippen LogP contribution in [-0.2, 0) is 4.74 Å². The molecule has 2 atom stereocenters. The van der Waals surface area contributed by atoms with Crippen LogP contribution >= 0.6 is 0 Å². The van der Waals surface area contributed by atoms with Gasteiger partial charge in [0.05, 0.1) is 12.1 Å². The van der Waals surface area contributed by atoms with Crippen LogP contribution in [0.4, 0.5) is 14.5 Å². The molecule has 2 rings (SSSR count). The topological polar surface area (TPSA) is 41.6 Å². The van der Waals surface area contributed by atoms with Crippen LogP contribution < -0.4 is 5.32 Å². The van der Waals surface area contributed by atoms with Crippen LogP contribution in [0.2, 0.25) is 0 Å². The van der Waals surface area contributed by atoms with Gasteiger partial charge in [-0.15, -0.1) is 0 Å². The van der Waals surface area contributed by atoms with Crippen LogP contribution in [0.15, 0.2) is 12.1 Å². The van der Waals surface area contributed by atoms with E-state index in [1.54, 1.807) is 14.0 Å². The summed E-state index contributed by atoms with van der Waals surface area (Å²) in [6.45, 7) is 4.62. The standard InChI is InChI=1S/C15H20F2N2O2/c1-4-18-14-11(16)7-10(8-12(14)17)15(20)19(3)13-5-6-21-9(13)2/h7-9,13,18H,4-6H2,1-3H3. The van der Waals surface area contributed by atoms with Crippen LogP contribution in [0.5, 0.6) is 0 Å². The molecule has 1 N–H and O–H groups in total. The van der Waals surface area contributed by atoms with E-state index in [-0.39, 0.29) is 23.4 Å². The number of nitrogens with zero attached hydrogens (tertiary/aromatic N) is 1. The molecular formula is C15H20F2N2O2. The van der Waals surface area contributed by atoms with E-state index in [2.05, 4.69) is 5.32 Å². The number of benzene rings is 1. The van der Waals surface area contributed by atoms with Gasteiger partial charge >= 0.3 is 0 Å². The molecule has 1 saturated heterocycles. The predicted molar refractivity (Wildman–Crippen MR) is 76.4 cm³/mol. The van der Waals surface area contributed by atoms with Crippen LogP contribution in [-0.4, -0.2) is 43.2 Å². The van der Waals surface area contributed by atoms with Crippen LogP contribution in [0.1, 0.15) is 30.6 Å². The highest BCUT2D eigenvalue weighted by Gasteiger charge is 2.31. The lowest BCUT2D eigenvalue weighted by molar-refractivity contribution is 0.0574. The molecule has 0 aliphatic carbocycles. The predicted octanol–water partition coefficient (Wildman–Crippen LogP) is 2.65. The van der Waals surface area contributed by atoms with Crippen molar-refractivity contribution in [3.63, 3.8) is 0 Å². The van der Waals surface area contributed by atoms with Gasteiger partial charge in [0.1, 0.15) is 17.3 Å². The number of hydrogen-bond donors (Lipinski definition) is 1. The van der Waals surface area contributed by atoms with Gasteiger partial charge in [-0.2, -0.15) is 0 Å². The van der Waals surface area contributed by atoms with Gasteiger partial charge < -0.3 is 15.0 Å². The Labute approximate surface area is 123 Å². The van der Waals surface area contributed by atoms with E-state index >= 15 is 0 Å². The Balaban J connectivity index is 2.23. The van der Waals surface area contributed by atoms with E-state index in [0.717, 1.165) is 18.6 Å². The van der Waals surface area contributed by atoms with Crippen molar-refractivity contribution in [2.75, 3.05) is 25.5 Å². The molecule has 0 aromatic heterocycles. The van der Waals surface area contributed by atoms with E-state index < -0.39 is 17.5 Å². The Kier molecular flexibility index (Phi) is 4.77. The molecule has 6 heteroatoms. The van der Waals surface area contributed by atoms with Crippen molar-refractivity contribution >= 4 is 11.6 Å². The number of ether oxygens (including phenoxy) is 1. The molecule has 1 aliphatic heterocycles. The second kappa shape index (κ2) is 6.39. The Morgan fingerprint density at radius 3 is 2.52 bits per heavy atom. The highest BCUT2D eigenvalue weighted by molar-refractivity contribution is 5.94. The molecular weight excluding hydrogens is 278 g/mol. The number of carbonyl (C=O) groups is 1. The second-order valence-corrected chi connectivity index (χ2v) is 5.19. The number of halogens is 2. The summed E-state index contributed by atoms with van der Waals surface area (Å²) in [5.74, 6) is -1.92. The normalized spacial score (nSPS) is 21.4. The number of likely N-dealkylation sites (N-methyl/N-ethyl adjacent to an activating group) is 1. The van der Waals surface area contributed by atoms with E-state index in [9.17, 15) is 13.6 Å². The zero-order valence-corrected chi connectivity index (χ0v) is 12.5. The maximum atomic E-state index is 13.9. The van der Waals surface area contributed by atoms with Gasteiger partial charge in [0, 0.05) is 25.8 Å². The Morgan fingerprint density at radius 2 is 2.05 bits per heavy atom. The quantitative estimate of drug-likeness (QED) is 0.929. The molecule has 0 radical (unpaired) electrons. The lowest BCUT2D eigenvalue weighted by atomic mass is 10.1. The van der Waals surface area contributed by atoms with Crippen molar-refractivity contribution in [3.05, 3.63) is 29.3 Å². The van der Waals surface area contributed by atoms with Gasteiger partial charge in [-0.3, -0.25) is 4.79 Å². The minimum Gasteiger partial charge on any atom is -0.381 e. The smallest absolute Gasteiger partial charge is 0.254 e. The monoisotopic (exact) mass is 298 g/mol. The fourth-order valence-corrected chi connectivity index (χ4v) is 2.63. The molecule has 0 spiro atoms. The van der Waals surface area contributed by atoms with Crippen molar-refractivity contribution < 1.29 is 18.3 Å². The van der Waals surface area contributed by atoms with Gasteiger partial charge in [-0.25, -0.2) is 8.78 Å². The third-order valence-corrected chi connectivity index (χ3v) is 3.80. The number of anilines is 1. The molecule has 1 heterocycles. The van der Waals surface area contributed by atoms with E-state index in [1.807, 2.05) is 6.92 Å². The molecule has 4 nitrogen and oxygen atoms in total. The molecule has 1 fully saturated rings. The summed E-state index contributed by atoms with van der Waals surface area (Å²) in [6.07, 6.45) is 0.652. The van der Waals surface area contributed by atoms with Crippen molar-refractivity contribution in [1.82, 2.24) is 4.90 Å². The zero-order chi connectivity index (χ0) is 15.6. The van der Waals surface area contributed by atoms with E-state index in [4.69, 9.17) is 4.74 Å². The van der Waals surface area contributed by atoms with E-state index in [1.165, 1.54) is 4.90 Å². The highest BCUT2D eigenvalue weighted by Crippen LogP contribution is 2.24. The average Bonchev–Trinajstić information content (AvgIpc) is 2.87. The van der Waals surface area contributed by atoms with Crippen molar-refractivity contribution in [2.45, 2.75) is 32.4 Å².